The summed E-state index contributed by atoms with van der Waals surface area (Å²) in [4.78, 5) is 20.2. The molecule has 0 aliphatic carbocycles. The molecule has 104 valence electrons. The standard InChI is InChI=1S/C13H13N3O2S2/c17-11(16-13-14-5-6-19-13)7-18-8-12-15-9-3-1-2-4-10(9)20-12/h1-4H,5-8H2,(H,14,16,17). The molecule has 0 atom stereocenters. The van der Waals surface area contributed by atoms with Gasteiger partial charge in [-0.1, -0.05) is 23.9 Å². The number of aromatic nitrogens is 1. The van der Waals surface area contributed by atoms with Gasteiger partial charge in [0, 0.05) is 5.75 Å². The molecular formula is C13H13N3O2S2. The van der Waals surface area contributed by atoms with Crippen LogP contribution in [0.5, 0.6) is 0 Å². The van der Waals surface area contributed by atoms with Crippen LogP contribution in [-0.2, 0) is 16.1 Å². The van der Waals surface area contributed by atoms with E-state index in [4.69, 9.17) is 4.74 Å². The zero-order valence-electron chi connectivity index (χ0n) is 10.7. The van der Waals surface area contributed by atoms with Gasteiger partial charge in [-0.2, -0.15) is 0 Å². The van der Waals surface area contributed by atoms with Gasteiger partial charge in [0.1, 0.15) is 11.6 Å². The van der Waals surface area contributed by atoms with Crippen molar-refractivity contribution < 1.29 is 9.53 Å². The van der Waals surface area contributed by atoms with Crippen molar-refractivity contribution in [2.75, 3.05) is 18.9 Å². The number of para-hydroxylation sites is 1. The number of benzene rings is 1. The van der Waals surface area contributed by atoms with Gasteiger partial charge in [0.2, 0.25) is 0 Å². The van der Waals surface area contributed by atoms with Crippen LogP contribution in [0.4, 0.5) is 0 Å². The van der Waals surface area contributed by atoms with Gasteiger partial charge in [-0.3, -0.25) is 9.79 Å². The molecule has 0 bridgehead atoms. The number of carbonyl (C=O) groups excluding carboxylic acids is 1. The highest BCUT2D eigenvalue weighted by molar-refractivity contribution is 8.14. The predicted molar refractivity (Wildman–Crippen MR) is 82.2 cm³/mol. The summed E-state index contributed by atoms with van der Waals surface area (Å²) in [6.45, 7) is 1.15. The number of rotatable bonds is 4. The predicted octanol–water partition coefficient (Wildman–Crippen LogP) is 2.03. The Morgan fingerprint density at radius 2 is 2.30 bits per heavy atom. The molecular weight excluding hydrogens is 294 g/mol. The minimum Gasteiger partial charge on any atom is -0.364 e. The number of nitrogens with zero attached hydrogens (tertiary/aromatic N) is 2. The SMILES string of the molecule is O=C(COCc1nc2ccccc2s1)NC1=NCCS1. The first-order valence-electron chi connectivity index (χ1n) is 6.20. The molecule has 0 unspecified atom stereocenters. The molecule has 3 rings (SSSR count). The minimum atomic E-state index is -0.167. The highest BCUT2D eigenvalue weighted by atomic mass is 32.2. The van der Waals surface area contributed by atoms with Crippen molar-refractivity contribution in [2.45, 2.75) is 6.61 Å². The summed E-state index contributed by atoms with van der Waals surface area (Å²) >= 11 is 3.14. The van der Waals surface area contributed by atoms with Crippen molar-refractivity contribution in [3.05, 3.63) is 29.3 Å². The monoisotopic (exact) mass is 307 g/mol. The fourth-order valence-electron chi connectivity index (χ4n) is 1.78. The van der Waals surface area contributed by atoms with E-state index in [1.165, 1.54) is 0 Å². The first kappa shape index (κ1) is 13.5. The number of aliphatic imine (C=N–C) groups is 1. The summed E-state index contributed by atoms with van der Waals surface area (Å²) in [6, 6.07) is 7.94. The number of fused-ring (bicyclic) bond motifs is 1. The Labute approximate surface area is 124 Å². The van der Waals surface area contributed by atoms with Gasteiger partial charge in [-0.15, -0.1) is 11.3 Å². The topological polar surface area (TPSA) is 63.6 Å². The van der Waals surface area contributed by atoms with Crippen molar-refractivity contribution in [3.63, 3.8) is 0 Å². The molecule has 0 radical (unpaired) electrons. The Hall–Kier alpha value is -1.44. The molecule has 7 heteroatoms. The van der Waals surface area contributed by atoms with Gasteiger partial charge in [0.25, 0.3) is 5.91 Å². The van der Waals surface area contributed by atoms with Crippen molar-refractivity contribution in [1.29, 1.82) is 0 Å². The van der Waals surface area contributed by atoms with Gasteiger partial charge in [0.05, 0.1) is 23.4 Å². The van der Waals surface area contributed by atoms with Crippen LogP contribution in [0.25, 0.3) is 10.2 Å². The van der Waals surface area contributed by atoms with E-state index in [-0.39, 0.29) is 12.5 Å². The van der Waals surface area contributed by atoms with Gasteiger partial charge < -0.3 is 10.1 Å². The van der Waals surface area contributed by atoms with Crippen molar-refractivity contribution in [1.82, 2.24) is 10.3 Å². The van der Waals surface area contributed by atoms with Crippen LogP contribution in [0.2, 0.25) is 0 Å². The molecule has 20 heavy (non-hydrogen) atoms. The molecule has 5 nitrogen and oxygen atoms in total. The third kappa shape index (κ3) is 3.36. The zero-order valence-corrected chi connectivity index (χ0v) is 12.3. The van der Waals surface area contributed by atoms with Gasteiger partial charge >= 0.3 is 0 Å². The summed E-state index contributed by atoms with van der Waals surface area (Å²) in [6.07, 6.45) is 0. The Bertz CT molecular complexity index is 621. The van der Waals surface area contributed by atoms with Crippen LogP contribution in [0.1, 0.15) is 5.01 Å². The highest BCUT2D eigenvalue weighted by Crippen LogP contribution is 2.21. The Morgan fingerprint density at radius 3 is 3.10 bits per heavy atom. The Balaban J connectivity index is 1.48. The maximum absolute atomic E-state index is 11.6. The van der Waals surface area contributed by atoms with Crippen LogP contribution < -0.4 is 5.32 Å². The number of amides is 1. The van der Waals surface area contributed by atoms with Crippen LogP contribution in [-0.4, -0.2) is 35.0 Å². The maximum atomic E-state index is 11.6. The third-order valence-electron chi connectivity index (χ3n) is 2.63. The molecule has 1 aliphatic rings. The van der Waals surface area contributed by atoms with Gasteiger partial charge in [-0.25, -0.2) is 4.98 Å². The average Bonchev–Trinajstić information content (AvgIpc) is 3.07. The smallest absolute Gasteiger partial charge is 0.251 e. The fraction of sp³-hybridized carbons (Fsp3) is 0.308. The lowest BCUT2D eigenvalue weighted by atomic mass is 10.3. The number of ether oxygens (including phenoxy) is 1. The maximum Gasteiger partial charge on any atom is 0.251 e. The number of hydrogen-bond donors (Lipinski definition) is 1. The summed E-state index contributed by atoms with van der Waals surface area (Å²) in [7, 11) is 0. The van der Waals surface area contributed by atoms with E-state index in [9.17, 15) is 4.79 Å². The molecule has 0 saturated heterocycles. The molecule has 2 aromatic rings. The summed E-state index contributed by atoms with van der Waals surface area (Å²) in [5.41, 5.74) is 0.970. The number of nitrogens with one attached hydrogen (secondary N) is 1. The second-order valence-corrected chi connectivity index (χ2v) is 6.35. The largest absolute Gasteiger partial charge is 0.364 e. The Kier molecular flexibility index (Phi) is 4.29. The van der Waals surface area contributed by atoms with E-state index >= 15 is 0 Å². The van der Waals surface area contributed by atoms with E-state index in [0.29, 0.717) is 11.8 Å². The van der Waals surface area contributed by atoms with Crippen LogP contribution in [0.15, 0.2) is 29.3 Å². The number of amidine groups is 1. The average molecular weight is 307 g/mol. The first-order chi connectivity index (χ1) is 9.81. The van der Waals surface area contributed by atoms with Crippen molar-refractivity contribution >= 4 is 44.4 Å². The lowest BCUT2D eigenvalue weighted by Gasteiger charge is -2.03. The molecule has 0 spiro atoms. The number of thioether (sulfide) groups is 1. The molecule has 0 saturated carbocycles. The van der Waals surface area contributed by atoms with Crippen molar-refractivity contribution in [3.8, 4) is 0 Å². The fourth-order valence-corrected chi connectivity index (χ4v) is 3.43. The van der Waals surface area contributed by atoms with E-state index in [1.807, 2.05) is 24.3 Å². The Morgan fingerprint density at radius 1 is 1.40 bits per heavy atom. The second-order valence-electron chi connectivity index (χ2n) is 4.15. The van der Waals surface area contributed by atoms with E-state index < -0.39 is 0 Å². The molecule has 1 aliphatic heterocycles. The number of carbonyl (C=O) groups is 1. The summed E-state index contributed by atoms with van der Waals surface area (Å²) in [5.74, 6) is 0.765. The molecule has 1 amide bonds. The molecule has 1 aromatic heterocycles. The first-order valence-corrected chi connectivity index (χ1v) is 8.01. The van der Waals surface area contributed by atoms with E-state index in [0.717, 1.165) is 27.5 Å². The molecule has 0 fully saturated rings. The summed E-state index contributed by atoms with van der Waals surface area (Å²) in [5, 5.41) is 4.30. The summed E-state index contributed by atoms with van der Waals surface area (Å²) < 4.78 is 6.52. The highest BCUT2D eigenvalue weighted by Gasteiger charge is 2.11. The minimum absolute atomic E-state index is 0.0233. The van der Waals surface area contributed by atoms with E-state index in [1.54, 1.807) is 23.1 Å². The van der Waals surface area contributed by atoms with Crippen LogP contribution >= 0.6 is 23.1 Å². The van der Waals surface area contributed by atoms with Gasteiger partial charge in [-0.05, 0) is 12.1 Å². The zero-order chi connectivity index (χ0) is 13.8. The van der Waals surface area contributed by atoms with Crippen molar-refractivity contribution in [2.24, 2.45) is 4.99 Å². The van der Waals surface area contributed by atoms with E-state index in [2.05, 4.69) is 15.3 Å². The lowest BCUT2D eigenvalue weighted by Crippen LogP contribution is -2.30. The number of hydrogen-bond acceptors (Lipinski definition) is 6. The van der Waals surface area contributed by atoms with Crippen LogP contribution in [0.3, 0.4) is 0 Å². The molecule has 1 N–H and O–H groups in total. The van der Waals surface area contributed by atoms with Gasteiger partial charge in [0.15, 0.2) is 5.17 Å². The quantitative estimate of drug-likeness (QED) is 0.939. The number of thiazole rings is 1. The second kappa shape index (κ2) is 6.34. The molecule has 1 aromatic carbocycles. The van der Waals surface area contributed by atoms with Crippen LogP contribution in [0, 0.1) is 0 Å². The third-order valence-corrected chi connectivity index (χ3v) is 4.53. The normalized spacial score (nSPS) is 14.5. The lowest BCUT2D eigenvalue weighted by molar-refractivity contribution is -0.124. The molecule has 2 heterocycles.